The molecule has 0 saturated heterocycles. The highest BCUT2D eigenvalue weighted by Gasteiger charge is 2.31. The minimum atomic E-state index is -1.09. The summed E-state index contributed by atoms with van der Waals surface area (Å²) in [7, 11) is 0.557. The van der Waals surface area contributed by atoms with Gasteiger partial charge >= 0.3 is 0 Å². The van der Waals surface area contributed by atoms with Gasteiger partial charge in [0.1, 0.15) is 13.1 Å². The van der Waals surface area contributed by atoms with Crippen LogP contribution in [0.1, 0.15) is 24.5 Å². The van der Waals surface area contributed by atoms with Gasteiger partial charge in [-0.25, -0.2) is 9.97 Å². The molecular formula is C21H27BrN4O2Si. The van der Waals surface area contributed by atoms with Crippen molar-refractivity contribution in [1.29, 1.82) is 0 Å². The van der Waals surface area contributed by atoms with E-state index in [0.717, 1.165) is 57.8 Å². The predicted octanol–water partition coefficient (Wildman–Crippen LogP) is 5.45. The fraction of sp³-hybridized carbons (Fsp3) is 0.476. The lowest BCUT2D eigenvalue weighted by Crippen LogP contribution is -2.21. The third-order valence-electron chi connectivity index (χ3n) is 5.20. The van der Waals surface area contributed by atoms with Crippen LogP contribution in [-0.4, -0.2) is 41.3 Å². The molecular weight excluding hydrogens is 448 g/mol. The van der Waals surface area contributed by atoms with Gasteiger partial charge in [-0.2, -0.15) is 0 Å². The second-order valence-electron chi connectivity index (χ2n) is 8.80. The Bertz CT molecular complexity index is 1030. The van der Waals surface area contributed by atoms with Gasteiger partial charge in [0.2, 0.25) is 5.88 Å². The highest BCUT2D eigenvalue weighted by molar-refractivity contribution is 9.10. The quantitative estimate of drug-likeness (QED) is 0.320. The van der Waals surface area contributed by atoms with Crippen LogP contribution in [-0.2, 0) is 11.5 Å². The van der Waals surface area contributed by atoms with Crippen molar-refractivity contribution in [2.75, 3.05) is 13.7 Å². The monoisotopic (exact) mass is 474 g/mol. The summed E-state index contributed by atoms with van der Waals surface area (Å²) in [6.45, 7) is 8.41. The summed E-state index contributed by atoms with van der Waals surface area (Å²) in [4.78, 5) is 13.6. The zero-order valence-electron chi connectivity index (χ0n) is 17.4. The van der Waals surface area contributed by atoms with Gasteiger partial charge in [-0.05, 0) is 40.9 Å². The summed E-state index contributed by atoms with van der Waals surface area (Å²) in [5.74, 6) is 1.06. The molecule has 8 heteroatoms. The zero-order chi connectivity index (χ0) is 20.6. The van der Waals surface area contributed by atoms with E-state index in [2.05, 4.69) is 62.4 Å². The van der Waals surface area contributed by atoms with E-state index in [1.54, 1.807) is 13.4 Å². The van der Waals surface area contributed by atoms with Gasteiger partial charge in [-0.1, -0.05) is 19.6 Å². The summed E-state index contributed by atoms with van der Waals surface area (Å²) in [5.41, 5.74) is 3.83. The second kappa shape index (κ2) is 8.16. The molecule has 0 spiro atoms. The first-order valence-electron chi connectivity index (χ1n) is 9.99. The van der Waals surface area contributed by atoms with E-state index in [1.165, 1.54) is 0 Å². The maximum Gasteiger partial charge on any atom is 0.226 e. The lowest BCUT2D eigenvalue weighted by molar-refractivity contribution is 0.0901. The molecule has 1 saturated carbocycles. The molecule has 29 heavy (non-hydrogen) atoms. The first kappa shape index (κ1) is 20.5. The number of nitrogens with zero attached hydrogens (tertiary/aromatic N) is 4. The Hall–Kier alpha value is -1.77. The standard InChI is InChI=1S/C21H27BrN4O2Si/c1-27-21-19(20(14-5-6-14)24-12-25-21)17-9-15-16(22)11-26(18(15)10-23-17)13-28-7-8-29(2,3)4/h9-12,14H,5-8,13H2,1-4H3. The number of aromatic nitrogens is 4. The lowest BCUT2D eigenvalue weighted by atomic mass is 10.1. The maximum absolute atomic E-state index is 5.94. The van der Waals surface area contributed by atoms with Gasteiger partial charge < -0.3 is 14.0 Å². The Balaban J connectivity index is 1.64. The van der Waals surface area contributed by atoms with E-state index in [4.69, 9.17) is 14.5 Å². The van der Waals surface area contributed by atoms with E-state index in [9.17, 15) is 0 Å². The van der Waals surface area contributed by atoms with Crippen molar-refractivity contribution in [3.63, 3.8) is 0 Å². The van der Waals surface area contributed by atoms with E-state index < -0.39 is 8.07 Å². The molecule has 1 fully saturated rings. The van der Waals surface area contributed by atoms with Crippen molar-refractivity contribution in [3.8, 4) is 17.1 Å². The van der Waals surface area contributed by atoms with Crippen molar-refractivity contribution < 1.29 is 9.47 Å². The van der Waals surface area contributed by atoms with Crippen LogP contribution in [0.15, 0.2) is 29.3 Å². The Kier molecular flexibility index (Phi) is 5.77. The molecule has 0 atom stereocenters. The molecule has 1 aliphatic carbocycles. The summed E-state index contributed by atoms with van der Waals surface area (Å²) in [6, 6.07) is 3.25. The van der Waals surface area contributed by atoms with Crippen LogP contribution in [0.2, 0.25) is 25.7 Å². The fourth-order valence-corrected chi connectivity index (χ4v) is 4.69. The van der Waals surface area contributed by atoms with Crippen molar-refractivity contribution in [3.05, 3.63) is 35.0 Å². The van der Waals surface area contributed by atoms with Crippen LogP contribution in [0, 0.1) is 0 Å². The van der Waals surface area contributed by atoms with Gasteiger partial charge in [0.15, 0.2) is 0 Å². The van der Waals surface area contributed by atoms with Crippen LogP contribution in [0.4, 0.5) is 0 Å². The minimum absolute atomic E-state index is 0.479. The molecule has 154 valence electrons. The minimum Gasteiger partial charge on any atom is -0.480 e. The molecule has 0 radical (unpaired) electrons. The highest BCUT2D eigenvalue weighted by Crippen LogP contribution is 2.45. The Labute approximate surface area is 180 Å². The average molecular weight is 475 g/mol. The molecule has 0 amide bonds. The number of halogens is 1. The number of pyridine rings is 1. The third-order valence-corrected chi connectivity index (χ3v) is 7.54. The van der Waals surface area contributed by atoms with Crippen LogP contribution in [0.25, 0.3) is 22.2 Å². The van der Waals surface area contributed by atoms with Crippen LogP contribution in [0.5, 0.6) is 5.88 Å². The molecule has 3 heterocycles. The maximum atomic E-state index is 5.94. The second-order valence-corrected chi connectivity index (χ2v) is 15.3. The largest absolute Gasteiger partial charge is 0.480 e. The zero-order valence-corrected chi connectivity index (χ0v) is 20.0. The van der Waals surface area contributed by atoms with Gasteiger partial charge in [0.05, 0.1) is 35.8 Å². The van der Waals surface area contributed by atoms with E-state index in [-0.39, 0.29) is 0 Å². The predicted molar refractivity (Wildman–Crippen MR) is 121 cm³/mol. The summed E-state index contributed by atoms with van der Waals surface area (Å²) in [5, 5.41) is 1.09. The van der Waals surface area contributed by atoms with Crippen LogP contribution >= 0.6 is 15.9 Å². The van der Waals surface area contributed by atoms with Gasteiger partial charge in [0.25, 0.3) is 0 Å². The van der Waals surface area contributed by atoms with Gasteiger partial charge in [-0.15, -0.1) is 0 Å². The number of methoxy groups -OCH3 is 1. The number of hydrogen-bond donors (Lipinski definition) is 0. The van der Waals surface area contributed by atoms with E-state index in [1.807, 2.05) is 6.20 Å². The Morgan fingerprint density at radius 2 is 2.00 bits per heavy atom. The fourth-order valence-electron chi connectivity index (χ4n) is 3.37. The molecule has 0 aromatic carbocycles. The van der Waals surface area contributed by atoms with Gasteiger partial charge in [-0.3, -0.25) is 4.98 Å². The van der Waals surface area contributed by atoms with Crippen LogP contribution < -0.4 is 4.74 Å². The van der Waals surface area contributed by atoms with Crippen LogP contribution in [0.3, 0.4) is 0 Å². The molecule has 3 aromatic heterocycles. The smallest absolute Gasteiger partial charge is 0.226 e. The van der Waals surface area contributed by atoms with E-state index in [0.29, 0.717) is 18.5 Å². The molecule has 0 bridgehead atoms. The SMILES string of the molecule is COc1ncnc(C2CC2)c1-c1cc2c(Br)cn(COCC[Si](C)(C)C)c2cn1. The van der Waals surface area contributed by atoms with Crippen molar-refractivity contribution in [2.24, 2.45) is 0 Å². The number of hydrogen-bond acceptors (Lipinski definition) is 5. The molecule has 0 unspecified atom stereocenters. The van der Waals surface area contributed by atoms with Crippen molar-refractivity contribution >= 4 is 34.9 Å². The Morgan fingerprint density at radius 3 is 2.69 bits per heavy atom. The molecule has 0 aliphatic heterocycles. The Morgan fingerprint density at radius 1 is 1.21 bits per heavy atom. The topological polar surface area (TPSA) is 62.1 Å². The molecule has 1 aliphatic rings. The van der Waals surface area contributed by atoms with E-state index >= 15 is 0 Å². The molecule has 3 aromatic rings. The lowest BCUT2D eigenvalue weighted by Gasteiger charge is -2.15. The normalized spacial score (nSPS) is 14.5. The third kappa shape index (κ3) is 4.54. The van der Waals surface area contributed by atoms with Crippen molar-refractivity contribution in [2.45, 2.75) is 51.2 Å². The molecule has 0 N–H and O–H groups in total. The van der Waals surface area contributed by atoms with Crippen molar-refractivity contribution in [1.82, 2.24) is 19.5 Å². The summed E-state index contributed by atoms with van der Waals surface area (Å²) in [6.07, 6.45) is 7.86. The van der Waals surface area contributed by atoms with Gasteiger partial charge in [0, 0.05) is 36.7 Å². The summed E-state index contributed by atoms with van der Waals surface area (Å²) < 4.78 is 14.6. The highest BCUT2D eigenvalue weighted by atomic mass is 79.9. The average Bonchev–Trinajstić information content (AvgIpc) is 3.49. The summed E-state index contributed by atoms with van der Waals surface area (Å²) >= 11 is 3.70. The molecule has 6 nitrogen and oxygen atoms in total. The number of ether oxygens (including phenoxy) is 2. The first-order chi connectivity index (χ1) is 13.9. The molecule has 4 rings (SSSR count). The first-order valence-corrected chi connectivity index (χ1v) is 14.5. The number of fused-ring (bicyclic) bond motifs is 1. The number of rotatable bonds is 8.